The first-order valence-electron chi connectivity index (χ1n) is 8.68. The lowest BCUT2D eigenvalue weighted by molar-refractivity contribution is 0.299. The number of allylic oxidation sites excluding steroid dienone is 2. The highest BCUT2D eigenvalue weighted by molar-refractivity contribution is 7.86. The lowest BCUT2D eigenvalue weighted by Crippen LogP contribution is -2.15. The minimum absolute atomic E-state index is 0.428. The highest BCUT2D eigenvalue weighted by Crippen LogP contribution is 2.21. The second-order valence-electron chi connectivity index (χ2n) is 5.65. The molecule has 0 spiro atoms. The molecule has 0 aliphatic carbocycles. The van der Waals surface area contributed by atoms with Crippen LogP contribution in [-0.2, 0) is 18.9 Å². The summed E-state index contributed by atoms with van der Waals surface area (Å²) in [4.78, 5) is 0. The third-order valence-electron chi connectivity index (χ3n) is 3.11. The highest BCUT2D eigenvalue weighted by atomic mass is 32.2. The fourth-order valence-corrected chi connectivity index (χ4v) is 2.64. The summed E-state index contributed by atoms with van der Waals surface area (Å²) in [6.07, 6.45) is 4.00. The van der Waals surface area contributed by atoms with E-state index in [-0.39, 0.29) is 0 Å². The lowest BCUT2D eigenvalue weighted by atomic mass is 10.0. The maximum atomic E-state index is 10.7. The van der Waals surface area contributed by atoms with Crippen molar-refractivity contribution in [3.63, 3.8) is 0 Å². The van der Waals surface area contributed by atoms with Gasteiger partial charge in [0.15, 0.2) is 5.94 Å². The van der Waals surface area contributed by atoms with Crippen LogP contribution >= 0.6 is 9.03 Å². The molecule has 156 valence electrons. The van der Waals surface area contributed by atoms with Crippen LogP contribution in [0.5, 0.6) is 5.75 Å². The third kappa shape index (κ3) is 14.3. The van der Waals surface area contributed by atoms with Crippen LogP contribution in [0.25, 0.3) is 0 Å². The molecule has 2 rings (SSSR count). The SMILES string of the molecule is CC(C)c1ccccc1.CC=CC.NOS(=O)(=O)COPOc1ccccc1. The van der Waals surface area contributed by atoms with Gasteiger partial charge in [0.2, 0.25) is 9.03 Å². The number of benzene rings is 2. The third-order valence-corrected chi connectivity index (χ3v) is 4.60. The lowest BCUT2D eigenvalue weighted by Gasteiger charge is -2.04. The second kappa shape index (κ2) is 16.2. The molecule has 0 fully saturated rings. The van der Waals surface area contributed by atoms with Gasteiger partial charge in [0.25, 0.3) is 0 Å². The Morgan fingerprint density at radius 2 is 1.46 bits per heavy atom. The van der Waals surface area contributed by atoms with Gasteiger partial charge in [-0.3, -0.25) is 0 Å². The van der Waals surface area contributed by atoms with Gasteiger partial charge in [-0.05, 0) is 37.5 Å². The predicted molar refractivity (Wildman–Crippen MR) is 117 cm³/mol. The first-order valence-corrected chi connectivity index (χ1v) is 11.1. The van der Waals surface area contributed by atoms with Crippen molar-refractivity contribution >= 4 is 19.2 Å². The molecule has 2 aromatic rings. The average Bonchev–Trinajstić information content (AvgIpc) is 2.73. The summed E-state index contributed by atoms with van der Waals surface area (Å²) < 4.78 is 34.9. The van der Waals surface area contributed by atoms with Crippen LogP contribution in [0.15, 0.2) is 72.8 Å². The van der Waals surface area contributed by atoms with Crippen molar-refractivity contribution in [1.82, 2.24) is 0 Å². The van der Waals surface area contributed by atoms with Gasteiger partial charge in [-0.1, -0.05) is 74.5 Å². The maximum Gasteiger partial charge on any atom is 0.307 e. The molecule has 0 radical (unpaired) electrons. The molecule has 1 atom stereocenters. The molecule has 6 nitrogen and oxygen atoms in total. The zero-order chi connectivity index (χ0) is 21.3. The van der Waals surface area contributed by atoms with E-state index in [0.29, 0.717) is 11.7 Å². The van der Waals surface area contributed by atoms with E-state index >= 15 is 0 Å². The molecular formula is C20H30NO5PS. The van der Waals surface area contributed by atoms with Gasteiger partial charge in [0, 0.05) is 0 Å². The van der Waals surface area contributed by atoms with Crippen molar-refractivity contribution < 1.29 is 21.7 Å². The molecule has 0 aromatic heterocycles. The molecule has 2 aromatic carbocycles. The van der Waals surface area contributed by atoms with Crippen LogP contribution < -0.4 is 10.4 Å². The van der Waals surface area contributed by atoms with E-state index in [2.05, 4.69) is 48.3 Å². The Morgan fingerprint density at radius 3 is 1.86 bits per heavy atom. The zero-order valence-electron chi connectivity index (χ0n) is 16.7. The maximum absolute atomic E-state index is 10.7. The monoisotopic (exact) mass is 427 g/mol. The molecule has 0 bridgehead atoms. The summed E-state index contributed by atoms with van der Waals surface area (Å²) in [6, 6.07) is 19.4. The smallest absolute Gasteiger partial charge is 0.307 e. The average molecular weight is 428 g/mol. The zero-order valence-corrected chi connectivity index (χ0v) is 18.6. The van der Waals surface area contributed by atoms with E-state index in [4.69, 9.17) is 9.05 Å². The number of para-hydroxylation sites is 1. The van der Waals surface area contributed by atoms with Crippen LogP contribution in [0, 0.1) is 0 Å². The first kappa shape index (κ1) is 26.2. The van der Waals surface area contributed by atoms with Crippen molar-refractivity contribution in [1.29, 1.82) is 0 Å². The van der Waals surface area contributed by atoms with Gasteiger partial charge in [-0.15, -0.1) is 0 Å². The van der Waals surface area contributed by atoms with Gasteiger partial charge >= 0.3 is 10.1 Å². The van der Waals surface area contributed by atoms with Crippen molar-refractivity contribution in [3.8, 4) is 5.75 Å². The van der Waals surface area contributed by atoms with Crippen LogP contribution in [0.1, 0.15) is 39.2 Å². The molecule has 28 heavy (non-hydrogen) atoms. The summed E-state index contributed by atoms with van der Waals surface area (Å²) in [5.74, 6) is 5.12. The molecule has 0 heterocycles. The number of nitrogens with two attached hydrogens (primary N) is 1. The van der Waals surface area contributed by atoms with Gasteiger partial charge in [0.05, 0.1) is 0 Å². The van der Waals surface area contributed by atoms with Crippen LogP contribution in [0.4, 0.5) is 0 Å². The Balaban J connectivity index is 0.000000473. The molecule has 1 unspecified atom stereocenters. The highest BCUT2D eigenvalue weighted by Gasteiger charge is 2.09. The normalized spacial score (nSPS) is 11.1. The van der Waals surface area contributed by atoms with Gasteiger partial charge in [-0.25, -0.2) is 0 Å². The van der Waals surface area contributed by atoms with E-state index in [1.54, 1.807) is 24.3 Å². The van der Waals surface area contributed by atoms with Crippen LogP contribution in [0.3, 0.4) is 0 Å². The van der Waals surface area contributed by atoms with Crippen molar-refractivity contribution in [3.05, 3.63) is 78.4 Å². The van der Waals surface area contributed by atoms with Crippen LogP contribution in [0.2, 0.25) is 0 Å². The fraction of sp³-hybridized carbons (Fsp3) is 0.300. The van der Waals surface area contributed by atoms with Gasteiger partial charge < -0.3 is 9.05 Å². The van der Waals surface area contributed by atoms with Gasteiger partial charge in [0.1, 0.15) is 5.75 Å². The van der Waals surface area contributed by atoms with E-state index in [1.807, 2.05) is 38.1 Å². The molecule has 0 amide bonds. The Labute approximate surface area is 170 Å². The first-order chi connectivity index (χ1) is 13.4. The fourth-order valence-electron chi connectivity index (χ4n) is 1.53. The number of hydrogen-bond acceptors (Lipinski definition) is 6. The van der Waals surface area contributed by atoms with E-state index in [9.17, 15) is 8.42 Å². The van der Waals surface area contributed by atoms with Gasteiger partial charge in [-0.2, -0.15) is 18.6 Å². The molecule has 2 N–H and O–H groups in total. The number of hydrogen-bond donors (Lipinski definition) is 1. The minimum atomic E-state index is -3.79. The number of rotatable bonds is 7. The largest absolute Gasteiger partial charge is 0.450 e. The molecule has 0 saturated heterocycles. The standard InChI is InChI=1S/C9H12.C7H10NO5PS.C4H8/c1-8(2)9-6-4-3-5-7-9;8-13-15(9,10)6-11-14-12-7-4-2-1-3-5-7;1-3-4-2/h3-8H,1-2H3;1-5,14H,6,8H2;3-4H,1-2H3. The van der Waals surface area contributed by atoms with Crippen molar-refractivity contribution in [2.45, 2.75) is 33.6 Å². The van der Waals surface area contributed by atoms with Crippen molar-refractivity contribution in [2.24, 2.45) is 5.90 Å². The molecular weight excluding hydrogens is 397 g/mol. The minimum Gasteiger partial charge on any atom is -0.450 e. The Kier molecular flexibility index (Phi) is 15.2. The summed E-state index contributed by atoms with van der Waals surface area (Å²) in [5, 5.41) is 0. The quantitative estimate of drug-likeness (QED) is 0.284. The van der Waals surface area contributed by atoms with E-state index in [1.165, 1.54) is 5.56 Å². The van der Waals surface area contributed by atoms with Crippen LogP contribution in [-0.4, -0.2) is 14.4 Å². The summed E-state index contributed by atoms with van der Waals surface area (Å²) >= 11 is 0. The molecule has 0 saturated carbocycles. The Hall–Kier alpha value is -1.76. The molecule has 0 aliphatic heterocycles. The summed E-state index contributed by atoms with van der Waals surface area (Å²) in [5.41, 5.74) is 1.41. The molecule has 8 heteroatoms. The Bertz CT molecular complexity index is 734. The predicted octanol–water partition coefficient (Wildman–Crippen LogP) is 5.16. The molecule has 0 aliphatic rings. The van der Waals surface area contributed by atoms with Crippen molar-refractivity contribution in [2.75, 3.05) is 5.94 Å². The van der Waals surface area contributed by atoms with E-state index < -0.39 is 25.1 Å². The second-order valence-corrected chi connectivity index (χ2v) is 7.85. The topological polar surface area (TPSA) is 87.9 Å². The summed E-state index contributed by atoms with van der Waals surface area (Å²) in [7, 11) is -4.22. The Morgan fingerprint density at radius 1 is 0.964 bits per heavy atom. The van der Waals surface area contributed by atoms with E-state index in [0.717, 1.165) is 0 Å². The summed E-state index contributed by atoms with van der Waals surface area (Å²) in [6.45, 7) is 8.41.